The van der Waals surface area contributed by atoms with E-state index in [-0.39, 0.29) is 5.91 Å². The predicted molar refractivity (Wildman–Crippen MR) is 107 cm³/mol. The van der Waals surface area contributed by atoms with Crippen LogP contribution in [0.5, 0.6) is 0 Å². The maximum atomic E-state index is 12.3. The molecule has 0 unspecified atom stereocenters. The van der Waals surface area contributed by atoms with Crippen LogP contribution >= 0.6 is 34.0 Å². The van der Waals surface area contributed by atoms with Crippen LogP contribution in [0.15, 0.2) is 17.5 Å². The first-order valence-corrected chi connectivity index (χ1v) is 11.0. The highest BCUT2D eigenvalue weighted by Gasteiger charge is 2.24. The molecule has 1 aliphatic rings. The number of hydrogen-bond acceptors (Lipinski definition) is 8. The smallest absolute Gasteiger partial charge is 0.223 e. The number of carbonyl (C=O) groups excluding carboxylic acids is 1. The van der Waals surface area contributed by atoms with E-state index in [9.17, 15) is 4.79 Å². The third kappa shape index (κ3) is 3.79. The summed E-state index contributed by atoms with van der Waals surface area (Å²) < 4.78 is 0. The number of anilines is 2. The van der Waals surface area contributed by atoms with Crippen molar-refractivity contribution in [2.75, 3.05) is 11.9 Å². The second kappa shape index (κ2) is 7.42. The van der Waals surface area contributed by atoms with Gasteiger partial charge < -0.3 is 10.2 Å². The summed E-state index contributed by atoms with van der Waals surface area (Å²) in [6.07, 6.45) is 1.42. The fourth-order valence-electron chi connectivity index (χ4n) is 2.81. The Labute approximate surface area is 163 Å². The molecule has 3 aromatic rings. The van der Waals surface area contributed by atoms with Gasteiger partial charge in [0.2, 0.25) is 11.0 Å². The maximum absolute atomic E-state index is 12.3. The molecule has 136 valence electrons. The number of aromatic nitrogens is 3. The van der Waals surface area contributed by atoms with Crippen molar-refractivity contribution in [1.82, 2.24) is 20.1 Å². The molecule has 26 heavy (non-hydrogen) atoms. The Bertz CT molecular complexity index is 900. The number of thiophene rings is 1. The quantitative estimate of drug-likeness (QED) is 0.681. The van der Waals surface area contributed by atoms with Gasteiger partial charge in [-0.25, -0.2) is 4.98 Å². The molecule has 0 bridgehead atoms. The molecule has 6 nitrogen and oxygen atoms in total. The first-order chi connectivity index (χ1) is 12.6. The fourth-order valence-corrected chi connectivity index (χ4v) is 5.43. The Balaban J connectivity index is 1.44. The van der Waals surface area contributed by atoms with Crippen LogP contribution in [0, 0.1) is 5.92 Å². The molecule has 0 saturated carbocycles. The van der Waals surface area contributed by atoms with E-state index in [0.29, 0.717) is 18.9 Å². The van der Waals surface area contributed by atoms with Crippen molar-refractivity contribution in [3.63, 3.8) is 0 Å². The van der Waals surface area contributed by atoms with Crippen molar-refractivity contribution >= 4 is 50.2 Å². The van der Waals surface area contributed by atoms with Crippen molar-refractivity contribution in [2.45, 2.75) is 33.2 Å². The molecular formula is C17H19N5OS3. The predicted octanol–water partition coefficient (Wildman–Crippen LogP) is 4.40. The molecule has 0 aromatic carbocycles. The average molecular weight is 406 g/mol. The highest BCUT2D eigenvalue weighted by molar-refractivity contribution is 7.23. The lowest BCUT2D eigenvalue weighted by molar-refractivity contribution is -0.132. The standard InChI is InChI=1S/C17H19N5OS3/c1-10(2)8-14(23)22-6-5-11-13(9-22)25-16(18-11)19-17-21-20-15(26-17)12-4-3-7-24-12/h3-4,7,10H,5-6,8-9H2,1-2H3,(H,18,19,21). The molecule has 0 spiro atoms. The second-order valence-corrected chi connectivity index (χ2v) is 9.58. The lowest BCUT2D eigenvalue weighted by atomic mass is 10.1. The molecule has 0 radical (unpaired) electrons. The molecule has 4 rings (SSSR count). The van der Waals surface area contributed by atoms with Gasteiger partial charge in [-0.05, 0) is 17.4 Å². The topological polar surface area (TPSA) is 71.0 Å². The number of nitrogens with one attached hydrogen (secondary N) is 1. The summed E-state index contributed by atoms with van der Waals surface area (Å²) in [4.78, 5) is 21.2. The highest BCUT2D eigenvalue weighted by Crippen LogP contribution is 2.34. The van der Waals surface area contributed by atoms with Crippen LogP contribution in [0.1, 0.15) is 30.8 Å². The van der Waals surface area contributed by atoms with E-state index >= 15 is 0 Å². The summed E-state index contributed by atoms with van der Waals surface area (Å²) in [7, 11) is 0. The Morgan fingerprint density at radius 2 is 2.19 bits per heavy atom. The van der Waals surface area contributed by atoms with E-state index in [1.807, 2.05) is 22.4 Å². The number of fused-ring (bicyclic) bond motifs is 1. The van der Waals surface area contributed by atoms with Crippen molar-refractivity contribution < 1.29 is 4.79 Å². The first kappa shape index (κ1) is 17.6. The van der Waals surface area contributed by atoms with Crippen molar-refractivity contribution in [1.29, 1.82) is 0 Å². The van der Waals surface area contributed by atoms with Crippen LogP contribution in [0.2, 0.25) is 0 Å². The minimum Gasteiger partial charge on any atom is -0.337 e. The molecule has 4 heterocycles. The van der Waals surface area contributed by atoms with E-state index in [4.69, 9.17) is 0 Å². The van der Waals surface area contributed by atoms with Gasteiger partial charge in [-0.15, -0.1) is 21.5 Å². The summed E-state index contributed by atoms with van der Waals surface area (Å²) >= 11 is 4.78. The highest BCUT2D eigenvalue weighted by atomic mass is 32.1. The van der Waals surface area contributed by atoms with Gasteiger partial charge in [-0.2, -0.15) is 0 Å². The number of hydrogen-bond donors (Lipinski definition) is 1. The molecule has 1 N–H and O–H groups in total. The molecule has 1 amide bonds. The normalized spacial score (nSPS) is 13.9. The zero-order chi connectivity index (χ0) is 18.1. The zero-order valence-corrected chi connectivity index (χ0v) is 17.0. The van der Waals surface area contributed by atoms with Gasteiger partial charge in [0.1, 0.15) is 0 Å². The van der Waals surface area contributed by atoms with Crippen LogP contribution in [0.25, 0.3) is 9.88 Å². The number of carbonyl (C=O) groups is 1. The van der Waals surface area contributed by atoms with Crippen molar-refractivity contribution in [3.05, 3.63) is 28.1 Å². The number of nitrogens with zero attached hydrogens (tertiary/aromatic N) is 4. The van der Waals surface area contributed by atoms with Gasteiger partial charge in [0.05, 0.1) is 17.1 Å². The van der Waals surface area contributed by atoms with E-state index in [0.717, 1.165) is 38.8 Å². The lowest BCUT2D eigenvalue weighted by Gasteiger charge is -2.26. The van der Waals surface area contributed by atoms with E-state index in [1.54, 1.807) is 22.7 Å². The molecule has 3 aromatic heterocycles. The van der Waals surface area contributed by atoms with Crippen LogP contribution in [0.3, 0.4) is 0 Å². The van der Waals surface area contributed by atoms with Crippen LogP contribution in [-0.4, -0.2) is 32.5 Å². The first-order valence-electron chi connectivity index (χ1n) is 8.49. The molecule has 0 saturated heterocycles. The van der Waals surface area contributed by atoms with Crippen molar-refractivity contribution in [3.8, 4) is 9.88 Å². The summed E-state index contributed by atoms with van der Waals surface area (Å²) in [5, 5.41) is 16.2. The largest absolute Gasteiger partial charge is 0.337 e. The number of thiazole rings is 1. The van der Waals surface area contributed by atoms with E-state index in [2.05, 4.69) is 34.3 Å². The maximum Gasteiger partial charge on any atom is 0.223 e. The molecule has 0 atom stereocenters. The second-order valence-electron chi connectivity index (χ2n) is 6.57. The summed E-state index contributed by atoms with van der Waals surface area (Å²) in [5.74, 6) is 0.621. The molecular weight excluding hydrogens is 386 g/mol. The van der Waals surface area contributed by atoms with Gasteiger partial charge >= 0.3 is 0 Å². The van der Waals surface area contributed by atoms with Gasteiger partial charge in [0, 0.05) is 24.3 Å². The van der Waals surface area contributed by atoms with Gasteiger partial charge in [-0.1, -0.05) is 42.6 Å². The zero-order valence-electron chi connectivity index (χ0n) is 14.6. The monoisotopic (exact) mass is 405 g/mol. The third-order valence-electron chi connectivity index (χ3n) is 4.04. The molecule has 0 aliphatic carbocycles. The summed E-state index contributed by atoms with van der Waals surface area (Å²) in [6.45, 7) is 5.57. The SMILES string of the molecule is CC(C)CC(=O)N1CCc2nc(Nc3nnc(-c4cccs4)s3)sc2C1. The minimum atomic E-state index is 0.235. The minimum absolute atomic E-state index is 0.235. The van der Waals surface area contributed by atoms with Crippen LogP contribution in [0.4, 0.5) is 10.3 Å². The Morgan fingerprint density at radius 1 is 1.31 bits per heavy atom. The van der Waals surface area contributed by atoms with Gasteiger partial charge in [0.25, 0.3) is 0 Å². The van der Waals surface area contributed by atoms with Crippen molar-refractivity contribution in [2.24, 2.45) is 5.92 Å². The van der Waals surface area contributed by atoms with Gasteiger partial charge in [-0.3, -0.25) is 4.79 Å². The molecule has 9 heteroatoms. The lowest BCUT2D eigenvalue weighted by Crippen LogP contribution is -2.36. The van der Waals surface area contributed by atoms with Gasteiger partial charge in [0.15, 0.2) is 10.1 Å². The molecule has 1 aliphatic heterocycles. The molecule has 0 fully saturated rings. The number of rotatable bonds is 5. The summed E-state index contributed by atoms with van der Waals surface area (Å²) in [6, 6.07) is 4.05. The Morgan fingerprint density at radius 3 is 2.96 bits per heavy atom. The van der Waals surface area contributed by atoms with Crippen LogP contribution < -0.4 is 5.32 Å². The van der Waals surface area contributed by atoms with E-state index in [1.165, 1.54) is 16.2 Å². The van der Waals surface area contributed by atoms with Crippen LogP contribution in [-0.2, 0) is 17.8 Å². The Kier molecular flexibility index (Phi) is 5.01. The Hall–Kier alpha value is -1.84. The average Bonchev–Trinajstić information content (AvgIpc) is 3.33. The van der Waals surface area contributed by atoms with E-state index < -0.39 is 0 Å². The third-order valence-corrected chi connectivity index (χ3v) is 6.91. The summed E-state index contributed by atoms with van der Waals surface area (Å²) in [5.41, 5.74) is 1.09. The number of amides is 1. The fraction of sp³-hybridized carbons (Fsp3) is 0.412.